The molecule has 0 radical (unpaired) electrons. The lowest BCUT2D eigenvalue weighted by Gasteiger charge is -2.29. The number of hydrogen-bond donors (Lipinski definition) is 22. The Morgan fingerprint density at radius 3 is 1.94 bits per heavy atom. The third kappa shape index (κ3) is 38.9. The van der Waals surface area contributed by atoms with Gasteiger partial charge in [0.05, 0.1) is 69.3 Å². The first kappa shape index (κ1) is 113. The maximum Gasteiger partial charge on any atom is 0.305 e. The molecule has 1 aliphatic heterocycles. The number of nitrogens with two attached hydrogens (primary N) is 3. The number of para-hydroxylation sites is 2. The van der Waals surface area contributed by atoms with Crippen molar-refractivity contribution in [1.82, 2.24) is 94.0 Å². The number of nitrogens with one attached hydrogen (secondary N) is 17. The number of hydrogen-bond acceptors (Lipinski definition) is 24. The summed E-state index contributed by atoms with van der Waals surface area (Å²) in [5.41, 5.74) is 19.4. The van der Waals surface area contributed by atoms with Gasteiger partial charge in [-0.25, -0.2) is 4.98 Å². The molecule has 0 bridgehead atoms. The van der Waals surface area contributed by atoms with Crippen LogP contribution in [0.4, 0.5) is 0 Å². The lowest BCUT2D eigenvalue weighted by atomic mass is 9.86. The van der Waals surface area contributed by atoms with E-state index < -0.39 is 260 Å². The second-order valence-electron chi connectivity index (χ2n) is 36.3. The van der Waals surface area contributed by atoms with Gasteiger partial charge in [0.2, 0.25) is 82.7 Å². The number of carbonyl (C=O) groups is 18. The highest BCUT2D eigenvalue weighted by Crippen LogP contribution is 2.28. The van der Waals surface area contributed by atoms with E-state index in [4.69, 9.17) is 32.1 Å². The molecule has 1 fully saturated rings. The monoisotopic (exact) mass is 1920 g/mol. The number of rotatable bonds is 40. The van der Waals surface area contributed by atoms with Gasteiger partial charge in [-0.3, -0.25) is 91.7 Å². The van der Waals surface area contributed by atoms with E-state index in [2.05, 4.69) is 89.4 Å². The molecule has 6 rings (SSSR count). The molecule has 754 valence electrons. The molecule has 25 N–H and O–H groups in total. The van der Waals surface area contributed by atoms with Crippen LogP contribution in [0.2, 0.25) is 0 Å². The molecule has 3 aromatic heterocycles. The summed E-state index contributed by atoms with van der Waals surface area (Å²) < 4.78 is 12.8. The van der Waals surface area contributed by atoms with Crippen molar-refractivity contribution < 1.29 is 106 Å². The number of benzene rings is 2. The van der Waals surface area contributed by atoms with Gasteiger partial charge in [0.15, 0.2) is 23.3 Å². The van der Waals surface area contributed by atoms with Gasteiger partial charge in [-0.2, -0.15) is 0 Å². The fourth-order valence-electron chi connectivity index (χ4n) is 15.7. The van der Waals surface area contributed by atoms with Crippen molar-refractivity contribution >= 4 is 134 Å². The van der Waals surface area contributed by atoms with Crippen LogP contribution in [-0.2, 0) is 122 Å². The molecule has 137 heavy (non-hydrogen) atoms. The first-order valence-electron chi connectivity index (χ1n) is 46.5. The molecule has 44 nitrogen and oxygen atoms in total. The number of aliphatic carboxylic acids is 1. The van der Waals surface area contributed by atoms with Crippen molar-refractivity contribution in [2.45, 2.75) is 263 Å². The predicted octanol–water partition coefficient (Wildman–Crippen LogP) is -1.01. The van der Waals surface area contributed by atoms with E-state index in [1.165, 1.54) is 33.3 Å². The number of ether oxygens (including phenoxy) is 2. The first-order valence-corrected chi connectivity index (χ1v) is 46.5. The Balaban J connectivity index is 1.42. The molecular formula is C93H140N22O22. The number of fused-ring (bicyclic) bond motifs is 2. The number of unbranched alkanes of at least 4 members (excludes halogenated alkanes) is 1. The van der Waals surface area contributed by atoms with Crippen LogP contribution < -0.4 is 91.6 Å². The quantitative estimate of drug-likeness (QED) is 0.0127. The van der Waals surface area contributed by atoms with Gasteiger partial charge < -0.3 is 126 Å². The Morgan fingerprint density at radius 2 is 1.28 bits per heavy atom. The maximum atomic E-state index is 15.4. The zero-order valence-electron chi connectivity index (χ0n) is 79.9. The maximum absolute atomic E-state index is 15.4. The van der Waals surface area contributed by atoms with Crippen molar-refractivity contribution in [3.63, 3.8) is 0 Å². The lowest BCUT2D eigenvalue weighted by molar-refractivity contribution is -0.141. The van der Waals surface area contributed by atoms with Crippen molar-refractivity contribution in [2.24, 2.45) is 53.8 Å². The number of amides is 14. The summed E-state index contributed by atoms with van der Waals surface area (Å²) in [6, 6.07) is -1.57. The molecule has 0 saturated carbocycles. The van der Waals surface area contributed by atoms with Crippen molar-refractivity contribution in [3.05, 3.63) is 90.3 Å². The molecule has 5 aromatic rings. The number of aromatic amines is 2. The Labute approximate surface area is 795 Å². The van der Waals surface area contributed by atoms with Gasteiger partial charge in [-0.05, 0) is 134 Å². The number of H-pyrrole nitrogens is 2. The average molecular weight is 1920 g/mol. The number of aliphatic hydroxyl groups excluding tert-OH is 1. The Morgan fingerprint density at radius 1 is 0.642 bits per heavy atom. The second-order valence-corrected chi connectivity index (χ2v) is 36.3. The second kappa shape index (κ2) is 56.4. The largest absolute Gasteiger partial charge is 0.481 e. The summed E-state index contributed by atoms with van der Waals surface area (Å²) >= 11 is 0. The van der Waals surface area contributed by atoms with Crippen LogP contribution in [0, 0.1) is 35.0 Å². The van der Waals surface area contributed by atoms with Crippen LogP contribution in [0.25, 0.3) is 21.8 Å². The topological polar surface area (TPSA) is 686 Å². The van der Waals surface area contributed by atoms with Gasteiger partial charge in [-0.15, -0.1) is 0 Å². The lowest BCUT2D eigenvalue weighted by Crippen LogP contribution is -2.59. The van der Waals surface area contributed by atoms with E-state index in [0.29, 0.717) is 64.4 Å². The van der Waals surface area contributed by atoms with Crippen molar-refractivity contribution in [3.8, 4) is 0 Å². The van der Waals surface area contributed by atoms with Gasteiger partial charge in [0, 0.05) is 129 Å². The van der Waals surface area contributed by atoms with E-state index in [-0.39, 0.29) is 96.2 Å². The number of aryl methyl sites for hydroxylation is 1. The molecule has 15 atom stereocenters. The zero-order chi connectivity index (χ0) is 101. The summed E-state index contributed by atoms with van der Waals surface area (Å²) in [5.74, 6) is -22.7. The standard InChI is InChI=1S/C93H140N22O22/c1-12-52(4)80(106-55(7)117)91(135)108-65-25-16-17-27-67(88(132)114-81(54(6)116)90(134)99-34-35-136-36-37-137-49-78(123)107-66(82(95)126)26-19-20-33-104-93(8,9)10)110-86(130)68(28-21-32-100-92(96)97)109-84(128)57(39-60-46-98-50-103-60)41-73(118)53(5)105-77(122)47-102-83(127)56(38-58-45-101-64-24-15-13-22-61(58)64)42-74(119)70(44-79(124)125)112-87(131)69(30-31-76(94)121)111-89(133)71(113-85(129)63(51(2)3)43-75(65)120)40-59-48-115(11)72-29-18-14-23-62(59)72/h13-15,18,22-24,29,45-46,48,50-54,56-57,63,65-71,80-81,101,104,116H,12,16-17,19-21,25-28,30-44,47,49H2,1-11H3,(H2,94,121)(H2,95,126)(H,98,103)(H,99,134)(H,102,127)(H,105,122)(H,106,117)(H,107,123)(H,108,135)(H,109,128)(H,110,130)(H,111,133)(H,112,131)(H,113,129)(H,114,132)(H,124,125)(H4,96,97,100)/t52-,53-,54+,56+,57+,63-,65-,66-,67-,68-,69-,70-,71-,80-,81-/m0/s1. The first-order chi connectivity index (χ1) is 64.8. The number of ketones is 3. The Hall–Kier alpha value is -13.1. The van der Waals surface area contributed by atoms with Crippen molar-refractivity contribution in [2.75, 3.05) is 52.6 Å². The Bertz CT molecular complexity index is 4970. The number of primary amides is 2. The molecule has 14 amide bonds. The van der Waals surface area contributed by atoms with Crippen LogP contribution in [-0.4, -0.2) is 266 Å². The molecular weight excluding hydrogens is 1780 g/mol. The fourth-order valence-corrected chi connectivity index (χ4v) is 15.7. The zero-order valence-corrected chi connectivity index (χ0v) is 79.9. The van der Waals surface area contributed by atoms with Crippen LogP contribution in [0.3, 0.4) is 0 Å². The van der Waals surface area contributed by atoms with Crippen LogP contribution in [0.1, 0.15) is 189 Å². The molecule has 1 saturated heterocycles. The normalized spacial score (nSPS) is 21.2. The summed E-state index contributed by atoms with van der Waals surface area (Å²) in [6.07, 6.45) is 0.0568. The number of imidazole rings is 1. The number of carbonyl (C=O) groups excluding carboxylic acids is 17. The molecule has 0 aliphatic carbocycles. The van der Waals surface area contributed by atoms with E-state index >= 15 is 28.8 Å². The highest BCUT2D eigenvalue weighted by atomic mass is 16.5. The van der Waals surface area contributed by atoms with Gasteiger partial charge in [0.25, 0.3) is 0 Å². The number of aromatic nitrogens is 4. The highest BCUT2D eigenvalue weighted by Gasteiger charge is 2.40. The molecule has 4 heterocycles. The van der Waals surface area contributed by atoms with E-state index in [1.807, 2.05) is 20.8 Å². The Kier molecular flexibility index (Phi) is 46.4. The summed E-state index contributed by atoms with van der Waals surface area (Å²) in [7, 11) is 1.73. The number of nitrogens with zero attached hydrogens (tertiary/aromatic N) is 2. The summed E-state index contributed by atoms with van der Waals surface area (Å²) in [4.78, 5) is 266. The minimum Gasteiger partial charge on any atom is -0.481 e. The van der Waals surface area contributed by atoms with Crippen molar-refractivity contribution in [1.29, 1.82) is 5.41 Å². The van der Waals surface area contributed by atoms with Gasteiger partial charge in [0.1, 0.15) is 48.9 Å². The summed E-state index contributed by atoms with van der Waals surface area (Å²) in [5, 5.41) is 68.0. The third-order valence-electron chi connectivity index (χ3n) is 23.6. The number of guanidine groups is 1. The molecule has 44 heteroatoms. The number of carboxylic acid groups (broad SMARTS) is 1. The van der Waals surface area contributed by atoms with Gasteiger partial charge in [-0.1, -0.05) is 83.4 Å². The minimum absolute atomic E-state index is 0.00258. The molecule has 1 aliphatic rings. The smallest absolute Gasteiger partial charge is 0.305 e. The van der Waals surface area contributed by atoms with Crippen LogP contribution in [0.5, 0.6) is 0 Å². The van der Waals surface area contributed by atoms with Crippen LogP contribution in [0.15, 0.2) is 73.4 Å². The van der Waals surface area contributed by atoms with E-state index in [0.717, 1.165) is 6.42 Å². The average Bonchev–Trinajstić information content (AvgIpc) is 1.66. The third-order valence-corrected chi connectivity index (χ3v) is 23.6. The molecule has 0 spiro atoms. The SMILES string of the molecule is CC[C@H](C)[C@H](NC(C)=O)C(=O)N[C@H]1CCCC[C@@H](C(=O)N[C@H](C(=O)NCCOCCOCC(=O)N[C@@H](CCCCNC(C)(C)C)C(N)=O)[C@@H](C)O)NC(=O)[C@H](CCCNC(=N)N)NC(=O)[C@H](Cc2cnc[nH]2)CC(=O)[C@H](C)NC(=O)CNC(=O)[C@H](Cc2c[nH]c3ccccc23)CC(=O)[C@H](CC(=O)O)NC(=O)[C@H](CCC(N)=O)NC(=O)[C@H](Cc2cn(C)c3ccccc23)NC(=O)[C@H](C(C)C)CC1=O. The molecule has 0 unspecified atom stereocenters. The van der Waals surface area contributed by atoms with Crippen LogP contribution >= 0.6 is 0 Å². The predicted molar refractivity (Wildman–Crippen MR) is 504 cm³/mol. The number of aliphatic hydroxyl groups is 1. The summed E-state index contributed by atoms with van der Waals surface area (Å²) in [6.45, 7) is 15.3. The van der Waals surface area contributed by atoms with Gasteiger partial charge >= 0.3 is 5.97 Å². The molecule has 2 aromatic carbocycles. The highest BCUT2D eigenvalue weighted by molar-refractivity contribution is 6.01. The fraction of sp³-hybridized carbons (Fsp3) is 0.591. The van der Waals surface area contributed by atoms with E-state index in [9.17, 15) is 67.7 Å². The number of Topliss-reactive ketones (excluding diaryl/α,β-unsaturated/α-hetero) is 3. The number of carboxylic acids is 1. The minimum atomic E-state index is -1.95. The van der Waals surface area contributed by atoms with E-state index in [1.54, 1.807) is 100 Å².